The zero-order valence-corrected chi connectivity index (χ0v) is 10.0. The lowest BCUT2D eigenvalue weighted by atomic mass is 10.2. The lowest BCUT2D eigenvalue weighted by molar-refractivity contribution is -0.143. The Morgan fingerprint density at radius 1 is 1.33 bits per heavy atom. The zero-order chi connectivity index (χ0) is 13.4. The molecule has 1 aromatic rings. The summed E-state index contributed by atoms with van der Waals surface area (Å²) in [6.07, 6.45) is 0. The lowest BCUT2D eigenvalue weighted by Gasteiger charge is -2.07. The second-order valence-electron chi connectivity index (χ2n) is 3.57. The molecule has 1 rings (SSSR count). The molecule has 6 heteroatoms. The standard InChI is InChI=1S/C12H15NO5/c1-17-6-9-3-2-4-10(5-9)13-11(14)7-18-8-12(15)16/h2-5H,6-8H2,1H3,(H,13,14)(H,15,16). The molecule has 98 valence electrons. The van der Waals surface area contributed by atoms with Gasteiger partial charge in [0.1, 0.15) is 13.2 Å². The van der Waals surface area contributed by atoms with Gasteiger partial charge in [-0.25, -0.2) is 4.79 Å². The molecule has 0 radical (unpaired) electrons. The fourth-order valence-corrected chi connectivity index (χ4v) is 1.33. The van der Waals surface area contributed by atoms with Gasteiger partial charge in [-0.2, -0.15) is 0 Å². The number of rotatable bonds is 7. The second kappa shape index (κ2) is 7.41. The van der Waals surface area contributed by atoms with Gasteiger partial charge in [-0.1, -0.05) is 12.1 Å². The largest absolute Gasteiger partial charge is 0.480 e. The molecular weight excluding hydrogens is 238 g/mol. The van der Waals surface area contributed by atoms with Gasteiger partial charge in [-0.05, 0) is 17.7 Å². The molecule has 0 aliphatic heterocycles. The number of benzene rings is 1. The number of carboxylic acid groups (broad SMARTS) is 1. The van der Waals surface area contributed by atoms with Gasteiger partial charge in [0.15, 0.2) is 0 Å². The number of methoxy groups -OCH3 is 1. The summed E-state index contributed by atoms with van der Waals surface area (Å²) < 4.78 is 9.65. The average molecular weight is 253 g/mol. The molecule has 0 bridgehead atoms. The van der Waals surface area contributed by atoms with Gasteiger partial charge in [0, 0.05) is 12.8 Å². The van der Waals surface area contributed by atoms with Crippen LogP contribution in [0, 0.1) is 0 Å². The molecule has 0 atom stereocenters. The minimum absolute atomic E-state index is 0.291. The van der Waals surface area contributed by atoms with Crippen LogP contribution in [0.3, 0.4) is 0 Å². The maximum absolute atomic E-state index is 11.4. The van der Waals surface area contributed by atoms with Crippen LogP contribution in [0.1, 0.15) is 5.56 Å². The van der Waals surface area contributed by atoms with Crippen molar-refractivity contribution < 1.29 is 24.2 Å². The first kappa shape index (κ1) is 14.1. The molecule has 0 fully saturated rings. The number of amides is 1. The van der Waals surface area contributed by atoms with Crippen molar-refractivity contribution in [1.82, 2.24) is 0 Å². The summed E-state index contributed by atoms with van der Waals surface area (Å²) in [6, 6.07) is 7.18. The van der Waals surface area contributed by atoms with Crippen LogP contribution in [-0.4, -0.2) is 37.3 Å². The van der Waals surface area contributed by atoms with E-state index in [2.05, 4.69) is 10.1 Å². The van der Waals surface area contributed by atoms with Gasteiger partial charge in [-0.3, -0.25) is 4.79 Å². The molecule has 18 heavy (non-hydrogen) atoms. The summed E-state index contributed by atoms with van der Waals surface area (Å²) >= 11 is 0. The van der Waals surface area contributed by atoms with Gasteiger partial charge >= 0.3 is 5.97 Å². The Bertz CT molecular complexity index is 419. The quantitative estimate of drug-likeness (QED) is 0.753. The third-order valence-corrected chi connectivity index (χ3v) is 1.98. The fraction of sp³-hybridized carbons (Fsp3) is 0.333. The summed E-state index contributed by atoms with van der Waals surface area (Å²) in [4.78, 5) is 21.6. The summed E-state index contributed by atoms with van der Waals surface area (Å²) in [7, 11) is 1.59. The summed E-state index contributed by atoms with van der Waals surface area (Å²) in [5, 5.41) is 10.9. The predicted octanol–water partition coefficient (Wildman–Crippen LogP) is 0.873. The van der Waals surface area contributed by atoms with Gasteiger partial charge in [-0.15, -0.1) is 0 Å². The van der Waals surface area contributed by atoms with Crippen molar-refractivity contribution in [3.63, 3.8) is 0 Å². The molecule has 0 saturated carbocycles. The van der Waals surface area contributed by atoms with E-state index < -0.39 is 18.5 Å². The Balaban J connectivity index is 2.43. The minimum atomic E-state index is -1.11. The lowest BCUT2D eigenvalue weighted by Crippen LogP contribution is -2.20. The number of nitrogens with one attached hydrogen (secondary N) is 1. The first-order chi connectivity index (χ1) is 8.61. The first-order valence-electron chi connectivity index (χ1n) is 5.29. The maximum atomic E-state index is 11.4. The number of aliphatic carboxylic acids is 1. The molecule has 0 unspecified atom stereocenters. The van der Waals surface area contributed by atoms with Crippen molar-refractivity contribution in [2.45, 2.75) is 6.61 Å². The molecule has 0 aromatic heterocycles. The number of carbonyl (C=O) groups excluding carboxylic acids is 1. The van der Waals surface area contributed by atoms with Crippen LogP contribution in [0.4, 0.5) is 5.69 Å². The van der Waals surface area contributed by atoms with E-state index >= 15 is 0 Å². The normalized spacial score (nSPS) is 10.1. The third-order valence-electron chi connectivity index (χ3n) is 1.98. The predicted molar refractivity (Wildman–Crippen MR) is 64.2 cm³/mol. The molecule has 0 heterocycles. The van der Waals surface area contributed by atoms with Crippen molar-refractivity contribution in [3.05, 3.63) is 29.8 Å². The van der Waals surface area contributed by atoms with E-state index in [1.807, 2.05) is 6.07 Å². The van der Waals surface area contributed by atoms with Gasteiger partial charge in [0.05, 0.1) is 6.61 Å². The van der Waals surface area contributed by atoms with Crippen LogP contribution in [0.2, 0.25) is 0 Å². The van der Waals surface area contributed by atoms with E-state index in [0.29, 0.717) is 12.3 Å². The van der Waals surface area contributed by atoms with Crippen LogP contribution >= 0.6 is 0 Å². The number of carbonyl (C=O) groups is 2. The highest BCUT2D eigenvalue weighted by atomic mass is 16.5. The maximum Gasteiger partial charge on any atom is 0.329 e. The summed E-state index contributed by atoms with van der Waals surface area (Å²) in [6.45, 7) is -0.322. The van der Waals surface area contributed by atoms with Crippen molar-refractivity contribution in [2.24, 2.45) is 0 Å². The van der Waals surface area contributed by atoms with E-state index in [9.17, 15) is 9.59 Å². The molecule has 1 aromatic carbocycles. The van der Waals surface area contributed by atoms with Crippen LogP contribution in [0.25, 0.3) is 0 Å². The Hall–Kier alpha value is -1.92. The van der Waals surface area contributed by atoms with Crippen LogP contribution in [0.5, 0.6) is 0 Å². The molecule has 0 aliphatic carbocycles. The van der Waals surface area contributed by atoms with Gasteiger partial charge in [0.25, 0.3) is 0 Å². The van der Waals surface area contributed by atoms with E-state index in [-0.39, 0.29) is 6.61 Å². The Labute approximate surface area is 105 Å². The topological polar surface area (TPSA) is 84.9 Å². The summed E-state index contributed by atoms with van der Waals surface area (Å²) in [5.74, 6) is -1.50. The van der Waals surface area contributed by atoms with Crippen molar-refractivity contribution in [1.29, 1.82) is 0 Å². The van der Waals surface area contributed by atoms with Gasteiger partial charge < -0.3 is 19.9 Å². The first-order valence-corrected chi connectivity index (χ1v) is 5.29. The number of ether oxygens (including phenoxy) is 2. The molecule has 0 saturated heterocycles. The Morgan fingerprint density at radius 2 is 2.11 bits per heavy atom. The van der Waals surface area contributed by atoms with Crippen molar-refractivity contribution in [2.75, 3.05) is 25.6 Å². The van der Waals surface area contributed by atoms with E-state index in [1.165, 1.54) is 0 Å². The van der Waals surface area contributed by atoms with E-state index in [4.69, 9.17) is 9.84 Å². The van der Waals surface area contributed by atoms with Crippen LogP contribution in [-0.2, 0) is 25.7 Å². The molecule has 0 aliphatic rings. The van der Waals surface area contributed by atoms with E-state index in [1.54, 1.807) is 25.3 Å². The number of hydrogen-bond donors (Lipinski definition) is 2. The van der Waals surface area contributed by atoms with E-state index in [0.717, 1.165) is 5.56 Å². The number of hydrogen-bond acceptors (Lipinski definition) is 4. The van der Waals surface area contributed by atoms with Crippen LogP contribution < -0.4 is 5.32 Å². The monoisotopic (exact) mass is 253 g/mol. The third kappa shape index (κ3) is 5.42. The molecule has 0 spiro atoms. The molecular formula is C12H15NO5. The highest BCUT2D eigenvalue weighted by Gasteiger charge is 2.04. The number of carboxylic acids is 1. The smallest absolute Gasteiger partial charge is 0.329 e. The Kier molecular flexibility index (Phi) is 5.83. The van der Waals surface area contributed by atoms with Crippen molar-refractivity contribution in [3.8, 4) is 0 Å². The Morgan fingerprint density at radius 3 is 2.78 bits per heavy atom. The van der Waals surface area contributed by atoms with Crippen LogP contribution in [0.15, 0.2) is 24.3 Å². The minimum Gasteiger partial charge on any atom is -0.480 e. The molecule has 1 amide bonds. The highest BCUT2D eigenvalue weighted by Crippen LogP contribution is 2.11. The SMILES string of the molecule is COCc1cccc(NC(=O)COCC(=O)O)c1. The highest BCUT2D eigenvalue weighted by molar-refractivity contribution is 5.91. The molecule has 6 nitrogen and oxygen atoms in total. The zero-order valence-electron chi connectivity index (χ0n) is 10.0. The van der Waals surface area contributed by atoms with Gasteiger partial charge in [0.2, 0.25) is 5.91 Å². The average Bonchev–Trinajstić information content (AvgIpc) is 2.29. The van der Waals surface area contributed by atoms with Crippen molar-refractivity contribution >= 4 is 17.6 Å². The summed E-state index contributed by atoms with van der Waals surface area (Å²) in [5.41, 5.74) is 1.55. The second-order valence-corrected chi connectivity index (χ2v) is 3.57. The molecule has 2 N–H and O–H groups in total. The fourth-order valence-electron chi connectivity index (χ4n) is 1.33. The number of anilines is 1.